The molecule has 2 atom stereocenters. The Balaban J connectivity index is 1.73. The van der Waals surface area contributed by atoms with Crippen LogP contribution >= 0.6 is 0 Å². The maximum absolute atomic E-state index is 11.6. The second kappa shape index (κ2) is 6.70. The maximum atomic E-state index is 11.6. The van der Waals surface area contributed by atoms with Crippen molar-refractivity contribution >= 4 is 27.4 Å². The van der Waals surface area contributed by atoms with Crippen LogP contribution in [0.1, 0.15) is 25.2 Å². The number of nitrogen functional groups attached to an aromatic ring is 1. The second-order valence-corrected chi connectivity index (χ2v) is 8.08. The molecule has 1 aromatic carbocycles. The van der Waals surface area contributed by atoms with Crippen LogP contribution in [0.4, 0.5) is 17.6 Å². The first-order chi connectivity index (χ1) is 11.4. The van der Waals surface area contributed by atoms with E-state index in [-0.39, 0.29) is 29.5 Å². The van der Waals surface area contributed by atoms with Crippen LogP contribution < -0.4 is 16.4 Å². The lowest BCUT2D eigenvalue weighted by molar-refractivity contribution is 0.468. The van der Waals surface area contributed by atoms with E-state index < -0.39 is 9.84 Å². The Labute approximate surface area is 140 Å². The molecule has 0 bridgehead atoms. The highest BCUT2D eigenvalue weighted by molar-refractivity contribution is 7.91. The van der Waals surface area contributed by atoms with Gasteiger partial charge in [0.1, 0.15) is 0 Å². The van der Waals surface area contributed by atoms with Gasteiger partial charge < -0.3 is 16.4 Å². The first-order valence-electron chi connectivity index (χ1n) is 7.71. The zero-order valence-electron chi connectivity index (χ0n) is 13.3. The average Bonchev–Trinajstić information content (AvgIpc) is 2.86. The molecule has 0 radical (unpaired) electrons. The van der Waals surface area contributed by atoms with Gasteiger partial charge in [-0.2, -0.15) is 15.0 Å². The summed E-state index contributed by atoms with van der Waals surface area (Å²) in [5, 5.41) is 6.33. The number of rotatable bonds is 5. The smallest absolute Gasteiger partial charge is 0.232 e. The van der Waals surface area contributed by atoms with Crippen LogP contribution in [0.3, 0.4) is 0 Å². The van der Waals surface area contributed by atoms with Gasteiger partial charge in [0.25, 0.3) is 0 Å². The monoisotopic (exact) mass is 348 g/mol. The van der Waals surface area contributed by atoms with Gasteiger partial charge >= 0.3 is 0 Å². The fourth-order valence-corrected chi connectivity index (χ4v) is 4.35. The molecule has 1 aliphatic heterocycles. The van der Waals surface area contributed by atoms with Crippen molar-refractivity contribution in [3.63, 3.8) is 0 Å². The summed E-state index contributed by atoms with van der Waals surface area (Å²) in [6, 6.07) is 9.19. The molecule has 1 aromatic heterocycles. The minimum Gasteiger partial charge on any atom is -0.368 e. The molecule has 2 heterocycles. The number of nitrogens with one attached hydrogen (secondary N) is 2. The highest BCUT2D eigenvalue weighted by atomic mass is 32.2. The van der Waals surface area contributed by atoms with E-state index in [1.807, 2.05) is 37.3 Å². The Bertz CT molecular complexity index is 812. The maximum Gasteiger partial charge on any atom is 0.232 e. The molecule has 0 amide bonds. The number of hydrogen-bond acceptors (Lipinski definition) is 8. The first kappa shape index (κ1) is 16.6. The Hall–Kier alpha value is -2.26. The van der Waals surface area contributed by atoms with Gasteiger partial charge in [-0.1, -0.05) is 18.2 Å². The molecule has 4 N–H and O–H groups in total. The van der Waals surface area contributed by atoms with E-state index in [0.29, 0.717) is 18.2 Å². The van der Waals surface area contributed by atoms with Gasteiger partial charge in [0.15, 0.2) is 15.7 Å². The Kier molecular flexibility index (Phi) is 4.63. The van der Waals surface area contributed by atoms with Gasteiger partial charge in [0.05, 0.1) is 17.5 Å². The number of benzene rings is 1. The van der Waals surface area contributed by atoms with Gasteiger partial charge in [0, 0.05) is 11.7 Å². The summed E-state index contributed by atoms with van der Waals surface area (Å²) in [5.74, 6) is 1.32. The number of sulfone groups is 1. The minimum atomic E-state index is -2.93. The third-order valence-electron chi connectivity index (χ3n) is 3.81. The molecule has 0 spiro atoms. The lowest BCUT2D eigenvalue weighted by Gasteiger charge is -2.18. The van der Waals surface area contributed by atoms with Crippen molar-refractivity contribution in [1.29, 1.82) is 0 Å². The number of hydrogen-bond donors (Lipinski definition) is 3. The summed E-state index contributed by atoms with van der Waals surface area (Å²) in [6.07, 6.45) is 0.600. The highest BCUT2D eigenvalue weighted by Gasteiger charge is 2.29. The largest absolute Gasteiger partial charge is 0.368 e. The lowest BCUT2D eigenvalue weighted by Crippen LogP contribution is -2.33. The van der Waals surface area contributed by atoms with E-state index >= 15 is 0 Å². The summed E-state index contributed by atoms with van der Waals surface area (Å²) in [6.45, 7) is 1.88. The third kappa shape index (κ3) is 4.18. The van der Waals surface area contributed by atoms with Gasteiger partial charge in [-0.25, -0.2) is 8.42 Å². The molecule has 0 saturated carbocycles. The lowest BCUT2D eigenvalue weighted by atomic mass is 10.2. The first-order valence-corrected chi connectivity index (χ1v) is 9.53. The van der Waals surface area contributed by atoms with Gasteiger partial charge in [-0.15, -0.1) is 0 Å². The average molecular weight is 348 g/mol. The predicted molar refractivity (Wildman–Crippen MR) is 92.6 cm³/mol. The zero-order chi connectivity index (χ0) is 17.2. The van der Waals surface area contributed by atoms with E-state index in [0.717, 1.165) is 5.69 Å². The quantitative estimate of drug-likeness (QED) is 0.732. The number of aromatic nitrogens is 3. The summed E-state index contributed by atoms with van der Waals surface area (Å²) in [5.41, 5.74) is 6.62. The van der Waals surface area contributed by atoms with Crippen molar-refractivity contribution in [3.05, 3.63) is 36.2 Å². The molecule has 0 aliphatic carbocycles. The third-order valence-corrected chi connectivity index (χ3v) is 5.57. The molecule has 1 saturated heterocycles. The molecule has 24 heavy (non-hydrogen) atoms. The second-order valence-electron chi connectivity index (χ2n) is 5.85. The minimum absolute atomic E-state index is 0.0893. The molecule has 128 valence electrons. The van der Waals surface area contributed by atoms with Crippen molar-refractivity contribution in [2.75, 3.05) is 22.6 Å². The normalized spacial score (nSPS) is 20.6. The molecule has 1 fully saturated rings. The van der Waals surface area contributed by atoms with E-state index in [1.165, 1.54) is 0 Å². The molecular formula is C15H20N6O2S. The Morgan fingerprint density at radius 1 is 1.21 bits per heavy atom. The van der Waals surface area contributed by atoms with Crippen molar-refractivity contribution in [1.82, 2.24) is 20.3 Å². The molecule has 0 unspecified atom stereocenters. The van der Waals surface area contributed by atoms with Crippen molar-refractivity contribution < 1.29 is 8.42 Å². The van der Waals surface area contributed by atoms with E-state index in [9.17, 15) is 8.42 Å². The van der Waals surface area contributed by atoms with Crippen LogP contribution in [0, 0.1) is 0 Å². The van der Waals surface area contributed by atoms with Crippen LogP contribution in [0.25, 0.3) is 0 Å². The van der Waals surface area contributed by atoms with Gasteiger partial charge in [0.2, 0.25) is 11.9 Å². The van der Waals surface area contributed by atoms with E-state index in [2.05, 4.69) is 25.6 Å². The molecule has 8 nitrogen and oxygen atoms in total. The van der Waals surface area contributed by atoms with Crippen LogP contribution in [0.5, 0.6) is 0 Å². The van der Waals surface area contributed by atoms with Crippen molar-refractivity contribution in [2.24, 2.45) is 0 Å². The Morgan fingerprint density at radius 3 is 2.62 bits per heavy atom. The number of para-hydroxylation sites is 1. The van der Waals surface area contributed by atoms with Crippen molar-refractivity contribution in [2.45, 2.75) is 25.4 Å². The van der Waals surface area contributed by atoms with Crippen LogP contribution in [-0.2, 0) is 9.84 Å². The summed E-state index contributed by atoms with van der Waals surface area (Å²) in [7, 11) is -2.93. The predicted octanol–water partition coefficient (Wildman–Crippen LogP) is 1.04. The number of anilines is 3. The topological polar surface area (TPSA) is 123 Å². The van der Waals surface area contributed by atoms with Crippen LogP contribution in [-0.4, -0.2) is 40.9 Å². The summed E-state index contributed by atoms with van der Waals surface area (Å²) in [4.78, 5) is 12.6. The molecule has 1 aliphatic rings. The Morgan fingerprint density at radius 2 is 1.96 bits per heavy atom. The fourth-order valence-electron chi connectivity index (χ4n) is 2.66. The van der Waals surface area contributed by atoms with E-state index in [1.54, 1.807) is 0 Å². The molecular weight excluding hydrogens is 328 g/mol. The fraction of sp³-hybridized carbons (Fsp3) is 0.400. The summed E-state index contributed by atoms with van der Waals surface area (Å²) >= 11 is 0. The number of nitrogens with zero attached hydrogens (tertiary/aromatic N) is 3. The molecule has 3 rings (SSSR count). The van der Waals surface area contributed by atoms with Crippen LogP contribution in [0.15, 0.2) is 30.3 Å². The summed E-state index contributed by atoms with van der Waals surface area (Å²) < 4.78 is 23.1. The zero-order valence-corrected chi connectivity index (χ0v) is 14.1. The van der Waals surface area contributed by atoms with E-state index in [4.69, 9.17) is 5.73 Å². The number of nitrogens with two attached hydrogens (primary N) is 1. The van der Waals surface area contributed by atoms with Gasteiger partial charge in [-0.3, -0.25) is 0 Å². The molecule has 2 aromatic rings. The van der Waals surface area contributed by atoms with Gasteiger partial charge in [-0.05, 0) is 25.5 Å². The van der Waals surface area contributed by atoms with Crippen molar-refractivity contribution in [3.8, 4) is 0 Å². The standard InChI is InChI=1S/C15H20N6O2S/c1-10(17-12-7-8-24(22,23)9-12)13-19-14(16)21-15(20-13)18-11-5-3-2-4-6-11/h2-6,10,12,17H,7-9H2,1H3,(H3,16,18,19,20,21)/t10-,12-/m1/s1. The molecule has 9 heteroatoms. The highest BCUT2D eigenvalue weighted by Crippen LogP contribution is 2.18. The SMILES string of the molecule is C[C@@H](N[C@@H]1CCS(=O)(=O)C1)c1nc(N)nc(Nc2ccccc2)n1. The van der Waals surface area contributed by atoms with Crippen LogP contribution in [0.2, 0.25) is 0 Å².